The molecule has 0 bridgehead atoms. The van der Waals surface area contributed by atoms with Crippen LogP contribution in [0.2, 0.25) is 0 Å². The van der Waals surface area contributed by atoms with Crippen molar-refractivity contribution in [2.24, 2.45) is 0 Å². The highest BCUT2D eigenvalue weighted by atomic mass is 19.4. The Morgan fingerprint density at radius 2 is 2.19 bits per heavy atom. The van der Waals surface area contributed by atoms with Gasteiger partial charge in [0.25, 0.3) is 0 Å². The Bertz CT molecular complexity index is 439. The van der Waals surface area contributed by atoms with Gasteiger partial charge in [0.2, 0.25) is 0 Å². The van der Waals surface area contributed by atoms with Crippen LogP contribution in [0.5, 0.6) is 5.75 Å². The minimum Gasteiger partial charge on any atom is -0.404 e. The lowest BCUT2D eigenvalue weighted by atomic mass is 10.2. The number of pyridine rings is 1. The molecule has 1 rings (SSSR count). The number of aliphatic hydroxyl groups excluding tert-OH is 1. The van der Waals surface area contributed by atoms with Crippen molar-refractivity contribution in [1.82, 2.24) is 4.98 Å². The van der Waals surface area contributed by atoms with E-state index in [1.165, 1.54) is 6.07 Å². The smallest absolute Gasteiger partial charge is 0.404 e. The molecule has 1 heterocycles. The molecule has 0 saturated carbocycles. The molecule has 0 aliphatic heterocycles. The molecule has 0 saturated heterocycles. The van der Waals surface area contributed by atoms with Crippen molar-refractivity contribution >= 4 is 5.82 Å². The number of aromatic nitrogens is 1. The van der Waals surface area contributed by atoms with Crippen LogP contribution in [0.25, 0.3) is 0 Å². The Hall–Kier alpha value is -2.01. The van der Waals surface area contributed by atoms with Gasteiger partial charge in [0.1, 0.15) is 17.5 Å². The minimum atomic E-state index is -4.97. The third-order valence-corrected chi connectivity index (χ3v) is 1.63. The van der Waals surface area contributed by atoms with Crippen LogP contribution in [-0.4, -0.2) is 16.5 Å². The van der Waals surface area contributed by atoms with E-state index in [0.717, 1.165) is 6.20 Å². The van der Waals surface area contributed by atoms with E-state index in [0.29, 0.717) is 0 Å². The number of nitrogens with zero attached hydrogens (tertiary/aromatic N) is 2. The van der Waals surface area contributed by atoms with Crippen molar-refractivity contribution in [2.45, 2.75) is 13.0 Å². The van der Waals surface area contributed by atoms with Crippen LogP contribution in [0, 0.1) is 11.3 Å². The second-order valence-corrected chi connectivity index (χ2v) is 2.69. The van der Waals surface area contributed by atoms with Crippen LogP contribution in [0.4, 0.5) is 19.0 Å². The van der Waals surface area contributed by atoms with Gasteiger partial charge in [-0.2, -0.15) is 5.26 Å². The lowest BCUT2D eigenvalue weighted by molar-refractivity contribution is -0.275. The summed E-state index contributed by atoms with van der Waals surface area (Å²) in [5.41, 5.74) is 4.40. The minimum absolute atomic E-state index is 0.261. The standard InChI is InChI=1S/C8H6F3N3O2/c9-8(10,11)16-6-4(3-15)2-14-7(13)5(6)1-12/h2,15H,3H2,(H2,13,14). The van der Waals surface area contributed by atoms with E-state index in [-0.39, 0.29) is 11.4 Å². The van der Waals surface area contributed by atoms with Gasteiger partial charge in [0, 0.05) is 11.8 Å². The molecular weight excluding hydrogens is 227 g/mol. The Morgan fingerprint density at radius 3 is 2.62 bits per heavy atom. The summed E-state index contributed by atoms with van der Waals surface area (Å²) in [5.74, 6) is -1.20. The number of nitriles is 1. The molecule has 86 valence electrons. The van der Waals surface area contributed by atoms with E-state index >= 15 is 0 Å². The van der Waals surface area contributed by atoms with Crippen molar-refractivity contribution in [2.75, 3.05) is 5.73 Å². The highest BCUT2D eigenvalue weighted by Gasteiger charge is 2.34. The SMILES string of the molecule is N#Cc1c(N)ncc(CO)c1OC(F)(F)F. The molecule has 0 aliphatic carbocycles. The molecule has 0 radical (unpaired) electrons. The van der Waals surface area contributed by atoms with Crippen LogP contribution < -0.4 is 10.5 Å². The predicted molar refractivity (Wildman–Crippen MR) is 46.0 cm³/mol. The summed E-state index contributed by atoms with van der Waals surface area (Å²) >= 11 is 0. The van der Waals surface area contributed by atoms with Gasteiger partial charge in [-0.1, -0.05) is 0 Å². The maximum absolute atomic E-state index is 12.0. The molecule has 3 N–H and O–H groups in total. The van der Waals surface area contributed by atoms with Gasteiger partial charge in [0.05, 0.1) is 6.61 Å². The molecule has 0 unspecified atom stereocenters. The van der Waals surface area contributed by atoms with Gasteiger partial charge in [-0.25, -0.2) is 4.98 Å². The second-order valence-electron chi connectivity index (χ2n) is 2.69. The van der Waals surface area contributed by atoms with Crippen molar-refractivity contribution in [3.05, 3.63) is 17.3 Å². The summed E-state index contributed by atoms with van der Waals surface area (Å²) in [6, 6.07) is 1.44. The topological polar surface area (TPSA) is 92.2 Å². The summed E-state index contributed by atoms with van der Waals surface area (Å²) in [6.07, 6.45) is -4.06. The first-order valence-electron chi connectivity index (χ1n) is 3.93. The second kappa shape index (κ2) is 4.24. The molecule has 1 aromatic rings. The van der Waals surface area contributed by atoms with E-state index in [9.17, 15) is 13.2 Å². The first kappa shape index (κ1) is 12.1. The van der Waals surface area contributed by atoms with E-state index in [1.807, 2.05) is 0 Å². The van der Waals surface area contributed by atoms with Crippen LogP contribution in [0.1, 0.15) is 11.1 Å². The van der Waals surface area contributed by atoms with Crippen LogP contribution in [0.15, 0.2) is 6.20 Å². The Labute approximate surface area is 87.9 Å². The lowest BCUT2D eigenvalue weighted by Crippen LogP contribution is -2.19. The fraction of sp³-hybridized carbons (Fsp3) is 0.250. The number of nitrogens with two attached hydrogens (primary N) is 1. The quantitative estimate of drug-likeness (QED) is 0.792. The van der Waals surface area contributed by atoms with Crippen LogP contribution in [-0.2, 0) is 6.61 Å². The van der Waals surface area contributed by atoms with Gasteiger partial charge in [-0.15, -0.1) is 13.2 Å². The first-order chi connectivity index (χ1) is 7.39. The van der Waals surface area contributed by atoms with Crippen molar-refractivity contribution in [3.63, 3.8) is 0 Å². The van der Waals surface area contributed by atoms with Gasteiger partial charge in [0.15, 0.2) is 5.75 Å². The fourth-order valence-electron chi connectivity index (χ4n) is 1.00. The number of ether oxygens (including phenoxy) is 1. The zero-order chi connectivity index (χ0) is 12.3. The maximum atomic E-state index is 12.0. The van der Waals surface area contributed by atoms with Gasteiger partial charge in [-0.05, 0) is 0 Å². The van der Waals surface area contributed by atoms with E-state index in [4.69, 9.17) is 16.1 Å². The Balaban J connectivity index is 3.33. The number of aliphatic hydroxyl groups is 1. The van der Waals surface area contributed by atoms with Crippen molar-refractivity contribution in [1.29, 1.82) is 5.26 Å². The zero-order valence-corrected chi connectivity index (χ0v) is 7.75. The highest BCUT2D eigenvalue weighted by molar-refractivity contribution is 5.59. The molecule has 1 aromatic heterocycles. The molecule has 0 atom stereocenters. The third kappa shape index (κ3) is 2.52. The summed E-state index contributed by atoms with van der Waals surface area (Å²) in [5, 5.41) is 17.4. The van der Waals surface area contributed by atoms with E-state index in [2.05, 4.69) is 9.72 Å². The number of halogens is 3. The van der Waals surface area contributed by atoms with Gasteiger partial charge < -0.3 is 15.6 Å². The third-order valence-electron chi connectivity index (χ3n) is 1.63. The van der Waals surface area contributed by atoms with Crippen LogP contribution in [0.3, 0.4) is 0 Å². The number of nitrogen functional groups attached to an aromatic ring is 1. The van der Waals surface area contributed by atoms with Gasteiger partial charge >= 0.3 is 6.36 Å². The molecule has 0 aliphatic rings. The summed E-state index contributed by atoms with van der Waals surface area (Å²) in [4.78, 5) is 3.46. The average molecular weight is 233 g/mol. The molecule has 16 heavy (non-hydrogen) atoms. The molecule has 8 heteroatoms. The average Bonchev–Trinajstić information content (AvgIpc) is 2.16. The number of hydrogen-bond acceptors (Lipinski definition) is 5. The first-order valence-corrected chi connectivity index (χ1v) is 3.93. The molecular formula is C8H6F3N3O2. The normalized spacial score (nSPS) is 10.9. The van der Waals surface area contributed by atoms with E-state index < -0.39 is 24.3 Å². The summed E-state index contributed by atoms with van der Waals surface area (Å²) in [7, 11) is 0. The zero-order valence-electron chi connectivity index (χ0n) is 7.75. The summed E-state index contributed by atoms with van der Waals surface area (Å²) < 4.78 is 39.7. The van der Waals surface area contributed by atoms with Crippen molar-refractivity contribution in [3.8, 4) is 11.8 Å². The highest BCUT2D eigenvalue weighted by Crippen LogP contribution is 2.31. The Kier molecular flexibility index (Phi) is 3.20. The van der Waals surface area contributed by atoms with Crippen LogP contribution >= 0.6 is 0 Å². The molecule has 0 amide bonds. The Morgan fingerprint density at radius 1 is 1.56 bits per heavy atom. The van der Waals surface area contributed by atoms with Crippen molar-refractivity contribution < 1.29 is 23.0 Å². The number of anilines is 1. The molecule has 0 aromatic carbocycles. The molecule has 0 spiro atoms. The number of hydrogen-bond donors (Lipinski definition) is 2. The molecule has 5 nitrogen and oxygen atoms in total. The largest absolute Gasteiger partial charge is 0.573 e. The molecule has 0 fully saturated rings. The predicted octanol–water partition coefficient (Wildman–Crippen LogP) is 0.926. The summed E-state index contributed by atoms with van der Waals surface area (Å²) in [6.45, 7) is -0.743. The number of alkyl halides is 3. The fourth-order valence-corrected chi connectivity index (χ4v) is 1.00. The monoisotopic (exact) mass is 233 g/mol. The number of rotatable bonds is 2. The maximum Gasteiger partial charge on any atom is 0.573 e. The lowest BCUT2D eigenvalue weighted by Gasteiger charge is -2.13. The van der Waals surface area contributed by atoms with Gasteiger partial charge in [-0.3, -0.25) is 0 Å². The van der Waals surface area contributed by atoms with E-state index in [1.54, 1.807) is 0 Å².